The van der Waals surface area contributed by atoms with Gasteiger partial charge in [0, 0.05) is 0 Å². The van der Waals surface area contributed by atoms with Crippen LogP contribution in [-0.4, -0.2) is 27.8 Å². The molecule has 0 aliphatic carbocycles. The van der Waals surface area contributed by atoms with Crippen molar-refractivity contribution in [1.82, 2.24) is 10.0 Å². The Morgan fingerprint density at radius 3 is 2.38 bits per heavy atom. The van der Waals surface area contributed by atoms with Gasteiger partial charge in [-0.05, 0) is 18.6 Å². The molecule has 0 fully saturated rings. The number of imide groups is 1. The SMILES string of the molecule is CCc1ncc(C(=O)ON2C(=O)c3ccccc3C2=O)s1. The van der Waals surface area contributed by atoms with Crippen LogP contribution in [-0.2, 0) is 11.3 Å². The second-order valence-electron chi connectivity index (χ2n) is 4.30. The van der Waals surface area contributed by atoms with E-state index >= 15 is 0 Å². The number of hydrogen-bond donors (Lipinski definition) is 0. The van der Waals surface area contributed by atoms with Crippen molar-refractivity contribution < 1.29 is 19.2 Å². The number of carbonyl (C=O) groups is 3. The molecule has 0 bridgehead atoms. The van der Waals surface area contributed by atoms with Gasteiger partial charge in [0.1, 0.15) is 4.88 Å². The Labute approximate surface area is 123 Å². The predicted molar refractivity (Wildman–Crippen MR) is 73.8 cm³/mol. The van der Waals surface area contributed by atoms with Crippen molar-refractivity contribution >= 4 is 29.1 Å². The van der Waals surface area contributed by atoms with E-state index in [0.29, 0.717) is 11.5 Å². The Bertz CT molecular complexity index is 718. The molecule has 0 saturated carbocycles. The van der Waals surface area contributed by atoms with E-state index in [2.05, 4.69) is 4.98 Å². The molecule has 2 aromatic rings. The minimum atomic E-state index is -0.762. The molecular formula is C14H10N2O4S. The number of rotatable bonds is 3. The van der Waals surface area contributed by atoms with Crippen LogP contribution in [0.4, 0.5) is 0 Å². The second kappa shape index (κ2) is 5.10. The van der Waals surface area contributed by atoms with E-state index in [1.807, 2.05) is 6.92 Å². The smallest absolute Gasteiger partial charge is 0.323 e. The molecule has 0 N–H and O–H groups in total. The predicted octanol–water partition coefficient (Wildman–Crippen LogP) is 2.07. The van der Waals surface area contributed by atoms with Gasteiger partial charge in [-0.1, -0.05) is 24.1 Å². The molecular weight excluding hydrogens is 292 g/mol. The van der Waals surface area contributed by atoms with E-state index < -0.39 is 17.8 Å². The molecule has 3 rings (SSSR count). The molecule has 6 nitrogen and oxygen atoms in total. The normalized spacial score (nSPS) is 13.5. The zero-order valence-corrected chi connectivity index (χ0v) is 11.8. The van der Waals surface area contributed by atoms with Gasteiger partial charge in [0.15, 0.2) is 0 Å². The van der Waals surface area contributed by atoms with Crippen molar-refractivity contribution in [3.63, 3.8) is 0 Å². The number of thiazole rings is 1. The molecule has 2 heterocycles. The third-order valence-electron chi connectivity index (χ3n) is 2.99. The average Bonchev–Trinajstić information content (AvgIpc) is 3.07. The van der Waals surface area contributed by atoms with Gasteiger partial charge in [-0.25, -0.2) is 9.78 Å². The minimum absolute atomic E-state index is 0.230. The molecule has 106 valence electrons. The first-order valence-electron chi connectivity index (χ1n) is 6.26. The van der Waals surface area contributed by atoms with Crippen molar-refractivity contribution in [3.8, 4) is 0 Å². The molecule has 7 heteroatoms. The fraction of sp³-hybridized carbons (Fsp3) is 0.143. The van der Waals surface area contributed by atoms with E-state index in [1.165, 1.54) is 29.7 Å². The summed E-state index contributed by atoms with van der Waals surface area (Å²) in [7, 11) is 0. The molecule has 0 saturated heterocycles. The summed E-state index contributed by atoms with van der Waals surface area (Å²) >= 11 is 1.18. The van der Waals surface area contributed by atoms with Crippen LogP contribution in [0.2, 0.25) is 0 Å². The van der Waals surface area contributed by atoms with Gasteiger partial charge in [-0.3, -0.25) is 9.59 Å². The maximum Gasteiger partial charge on any atom is 0.375 e. The molecule has 1 aromatic carbocycles. The molecule has 0 unspecified atom stereocenters. The lowest BCUT2D eigenvalue weighted by atomic mass is 10.1. The highest BCUT2D eigenvalue weighted by Crippen LogP contribution is 2.24. The van der Waals surface area contributed by atoms with E-state index in [1.54, 1.807) is 12.1 Å². The first-order chi connectivity index (χ1) is 10.1. The summed E-state index contributed by atoms with van der Waals surface area (Å²) in [4.78, 5) is 45.3. The van der Waals surface area contributed by atoms with Gasteiger partial charge in [-0.2, -0.15) is 0 Å². The minimum Gasteiger partial charge on any atom is -0.323 e. The monoisotopic (exact) mass is 302 g/mol. The molecule has 1 aliphatic rings. The lowest BCUT2D eigenvalue weighted by molar-refractivity contribution is -0.0581. The number of hydroxylamine groups is 2. The van der Waals surface area contributed by atoms with Crippen LogP contribution in [0, 0.1) is 0 Å². The lowest BCUT2D eigenvalue weighted by Gasteiger charge is -2.11. The van der Waals surface area contributed by atoms with Crippen molar-refractivity contribution in [3.05, 3.63) is 51.5 Å². The highest BCUT2D eigenvalue weighted by Gasteiger charge is 2.39. The second-order valence-corrected chi connectivity index (χ2v) is 5.42. The first-order valence-corrected chi connectivity index (χ1v) is 7.08. The Hall–Kier alpha value is -2.54. The largest absolute Gasteiger partial charge is 0.375 e. The third kappa shape index (κ3) is 2.21. The standard InChI is InChI=1S/C14H10N2O4S/c1-2-11-15-7-10(21-11)14(19)20-16-12(17)8-5-3-4-6-9(8)13(16)18/h3-7H,2H2,1H3. The fourth-order valence-electron chi connectivity index (χ4n) is 1.95. The number of carbonyl (C=O) groups excluding carboxylic acids is 3. The van der Waals surface area contributed by atoms with Gasteiger partial charge >= 0.3 is 5.97 Å². The summed E-state index contributed by atoms with van der Waals surface area (Å²) in [5, 5.41) is 1.28. The molecule has 21 heavy (non-hydrogen) atoms. The van der Waals surface area contributed by atoms with Crippen LogP contribution in [0.25, 0.3) is 0 Å². The van der Waals surface area contributed by atoms with Gasteiger partial charge < -0.3 is 4.84 Å². The van der Waals surface area contributed by atoms with Crippen molar-refractivity contribution in [2.24, 2.45) is 0 Å². The summed E-state index contributed by atoms with van der Waals surface area (Å²) < 4.78 is 0. The molecule has 0 atom stereocenters. The molecule has 2 amide bonds. The highest BCUT2D eigenvalue weighted by molar-refractivity contribution is 7.13. The summed E-state index contributed by atoms with van der Waals surface area (Å²) in [6, 6.07) is 6.33. The highest BCUT2D eigenvalue weighted by atomic mass is 32.1. The van der Waals surface area contributed by atoms with Gasteiger partial charge in [0.25, 0.3) is 11.8 Å². The Kier molecular flexibility index (Phi) is 3.26. The molecule has 1 aromatic heterocycles. The molecule has 0 spiro atoms. The Balaban J connectivity index is 1.82. The number of hydrogen-bond acceptors (Lipinski definition) is 6. The number of benzene rings is 1. The zero-order valence-electron chi connectivity index (χ0n) is 11.0. The topological polar surface area (TPSA) is 76.6 Å². The average molecular weight is 302 g/mol. The fourth-order valence-corrected chi connectivity index (χ4v) is 2.68. The molecule has 0 radical (unpaired) electrons. The van der Waals surface area contributed by atoms with Crippen LogP contribution in [0.3, 0.4) is 0 Å². The number of amides is 2. The van der Waals surface area contributed by atoms with Crippen LogP contribution in [0.1, 0.15) is 42.3 Å². The molecule has 1 aliphatic heterocycles. The maximum absolute atomic E-state index is 12.1. The lowest BCUT2D eigenvalue weighted by Crippen LogP contribution is -2.32. The zero-order chi connectivity index (χ0) is 15.0. The number of aromatic nitrogens is 1. The summed E-state index contributed by atoms with van der Waals surface area (Å²) in [5.74, 6) is -2.03. The first kappa shape index (κ1) is 13.4. The Morgan fingerprint density at radius 2 is 1.86 bits per heavy atom. The van der Waals surface area contributed by atoms with E-state index in [4.69, 9.17) is 4.84 Å². The number of nitrogens with zero attached hydrogens (tertiary/aromatic N) is 2. The van der Waals surface area contributed by atoms with Crippen LogP contribution in [0.5, 0.6) is 0 Å². The van der Waals surface area contributed by atoms with Crippen LogP contribution in [0.15, 0.2) is 30.5 Å². The Morgan fingerprint density at radius 1 is 1.24 bits per heavy atom. The van der Waals surface area contributed by atoms with Gasteiger partial charge in [-0.15, -0.1) is 11.3 Å². The summed E-state index contributed by atoms with van der Waals surface area (Å²) in [6.07, 6.45) is 2.08. The number of fused-ring (bicyclic) bond motifs is 1. The van der Waals surface area contributed by atoms with Crippen molar-refractivity contribution in [2.45, 2.75) is 13.3 Å². The number of aryl methyl sites for hydroxylation is 1. The van der Waals surface area contributed by atoms with Crippen molar-refractivity contribution in [1.29, 1.82) is 0 Å². The van der Waals surface area contributed by atoms with Gasteiger partial charge in [0.2, 0.25) is 0 Å². The van der Waals surface area contributed by atoms with Crippen LogP contribution >= 0.6 is 11.3 Å². The van der Waals surface area contributed by atoms with E-state index in [9.17, 15) is 14.4 Å². The van der Waals surface area contributed by atoms with Crippen molar-refractivity contribution in [2.75, 3.05) is 0 Å². The van der Waals surface area contributed by atoms with Gasteiger partial charge in [0.05, 0.1) is 22.3 Å². The quantitative estimate of drug-likeness (QED) is 0.811. The summed E-state index contributed by atoms with van der Waals surface area (Å²) in [5.41, 5.74) is 0.461. The van der Waals surface area contributed by atoms with Crippen LogP contribution < -0.4 is 0 Å². The maximum atomic E-state index is 12.1. The summed E-state index contributed by atoms with van der Waals surface area (Å²) in [6.45, 7) is 1.91. The third-order valence-corrected chi connectivity index (χ3v) is 4.11. The van der Waals surface area contributed by atoms with E-state index in [-0.39, 0.29) is 16.0 Å². The van der Waals surface area contributed by atoms with E-state index in [0.717, 1.165) is 5.01 Å².